The number of nitrogens with zero attached hydrogens (tertiary/aromatic N) is 2. The van der Waals surface area contributed by atoms with Crippen LogP contribution >= 0.6 is 0 Å². The molecule has 8 aromatic rings. The van der Waals surface area contributed by atoms with Crippen LogP contribution < -0.4 is 9.80 Å². The van der Waals surface area contributed by atoms with Gasteiger partial charge in [-0.1, -0.05) is 184 Å². The second-order valence-electron chi connectivity index (χ2n) is 17.1. The van der Waals surface area contributed by atoms with Gasteiger partial charge in [-0.25, -0.2) is 0 Å². The van der Waals surface area contributed by atoms with Crippen molar-refractivity contribution in [2.45, 2.75) is 26.7 Å². The quantitative estimate of drug-likeness (QED) is 0.128. The van der Waals surface area contributed by atoms with Crippen molar-refractivity contribution in [2.24, 2.45) is 11.8 Å². The second kappa shape index (κ2) is 18.3. The molecule has 0 bridgehead atoms. The number of allylic oxidation sites excluding steroid dienone is 8. The van der Waals surface area contributed by atoms with Crippen molar-refractivity contribution in [3.8, 4) is 33.4 Å². The molecule has 10 rings (SSSR count). The summed E-state index contributed by atoms with van der Waals surface area (Å²) in [5.41, 5.74) is 19.1. The van der Waals surface area contributed by atoms with E-state index in [0.717, 1.165) is 47.0 Å². The number of hydrogen-bond donors (Lipinski definition) is 0. The fourth-order valence-electron chi connectivity index (χ4n) is 9.04. The number of hydrogen-bond acceptors (Lipinski definition) is 2. The Morgan fingerprint density at radius 3 is 1.05 bits per heavy atom. The normalized spacial score (nSPS) is 15.6. The molecule has 0 fully saturated rings. The van der Waals surface area contributed by atoms with Crippen molar-refractivity contribution in [1.82, 2.24) is 0 Å². The van der Waals surface area contributed by atoms with Gasteiger partial charge in [0.2, 0.25) is 0 Å². The van der Waals surface area contributed by atoms with Crippen LogP contribution in [0.4, 0.5) is 34.1 Å². The van der Waals surface area contributed by atoms with Crippen molar-refractivity contribution in [2.75, 3.05) is 9.80 Å². The third kappa shape index (κ3) is 8.69. The van der Waals surface area contributed by atoms with Gasteiger partial charge in [0.05, 0.1) is 0 Å². The van der Waals surface area contributed by atoms with Crippen molar-refractivity contribution in [1.29, 1.82) is 0 Å². The Kier molecular flexibility index (Phi) is 11.6. The minimum absolute atomic E-state index is 0.508. The van der Waals surface area contributed by atoms with Gasteiger partial charge in [-0.05, 0) is 153 Å². The third-order valence-corrected chi connectivity index (χ3v) is 12.7. The summed E-state index contributed by atoms with van der Waals surface area (Å²) >= 11 is 0. The van der Waals surface area contributed by atoms with Crippen molar-refractivity contribution < 1.29 is 0 Å². The van der Waals surface area contributed by atoms with Gasteiger partial charge in [0, 0.05) is 34.1 Å². The van der Waals surface area contributed by atoms with Crippen LogP contribution in [0.3, 0.4) is 0 Å². The fraction of sp³-hybridized carbons (Fsp3) is 0.0968. The summed E-state index contributed by atoms with van der Waals surface area (Å²) in [6.45, 7) is 4.59. The standard InChI is InChI=1S/C62H52N2/c1-45-17-19-49(20-18-45)52-25-37-59(38-26-52)64(61-43-31-55(32-44-61)62-16-10-9-11-46(62)2)60-41-29-54(30-42-60)53-27-39-58(40-28-53)63(56-33-21-50(22-34-56)47-12-5-3-6-13-47)57-35-23-51(24-36-57)48-14-7-4-8-15-48/h3-10,12-17,19-46H,11,18H2,1-2H3. The van der Waals surface area contributed by atoms with E-state index in [1.807, 2.05) is 0 Å². The molecule has 0 saturated heterocycles. The summed E-state index contributed by atoms with van der Waals surface area (Å²) in [5, 5.41) is 0. The third-order valence-electron chi connectivity index (χ3n) is 12.7. The van der Waals surface area contributed by atoms with Crippen LogP contribution in [0.25, 0.3) is 44.5 Å². The molecule has 0 aromatic heterocycles. The molecule has 0 saturated carbocycles. The van der Waals surface area contributed by atoms with Crippen LogP contribution in [-0.4, -0.2) is 0 Å². The monoisotopic (exact) mass is 824 g/mol. The smallest absolute Gasteiger partial charge is 0.0462 e. The molecule has 310 valence electrons. The average Bonchev–Trinajstić information content (AvgIpc) is 3.36. The molecular formula is C62H52N2. The summed E-state index contributed by atoms with van der Waals surface area (Å²) in [5.74, 6) is 1.10. The van der Waals surface area contributed by atoms with Gasteiger partial charge in [0.1, 0.15) is 0 Å². The lowest BCUT2D eigenvalue weighted by molar-refractivity contribution is 0.739. The van der Waals surface area contributed by atoms with E-state index in [4.69, 9.17) is 0 Å². The van der Waals surface area contributed by atoms with Crippen LogP contribution in [0.2, 0.25) is 0 Å². The fourth-order valence-corrected chi connectivity index (χ4v) is 9.04. The zero-order valence-electron chi connectivity index (χ0n) is 36.6. The van der Waals surface area contributed by atoms with Crippen molar-refractivity contribution >= 4 is 45.3 Å². The SMILES string of the molecule is CC1C=CC(c2ccc(N(c3ccc(C4=CC=CCC4C)cc3)c3ccc(-c4ccc(N(c5ccc(-c6ccccc6)cc5)c5ccc(-c6ccccc6)cc5)cc4)cc3)cc2)=CC1. The zero-order valence-corrected chi connectivity index (χ0v) is 36.6. The molecule has 2 aliphatic carbocycles. The van der Waals surface area contributed by atoms with Crippen molar-refractivity contribution in [3.05, 3.63) is 254 Å². The highest BCUT2D eigenvalue weighted by atomic mass is 15.1. The number of rotatable bonds is 11. The molecule has 2 aliphatic rings. The molecule has 0 spiro atoms. The van der Waals surface area contributed by atoms with Crippen LogP contribution in [-0.2, 0) is 0 Å². The molecule has 0 heterocycles. The van der Waals surface area contributed by atoms with Crippen LogP contribution in [0.1, 0.15) is 37.8 Å². The van der Waals surface area contributed by atoms with Gasteiger partial charge in [-0.15, -0.1) is 0 Å². The van der Waals surface area contributed by atoms with E-state index in [1.165, 1.54) is 55.7 Å². The lowest BCUT2D eigenvalue weighted by Crippen LogP contribution is -2.10. The van der Waals surface area contributed by atoms with Gasteiger partial charge in [0.25, 0.3) is 0 Å². The Labute approximate surface area is 379 Å². The summed E-state index contributed by atoms with van der Waals surface area (Å²) in [7, 11) is 0. The van der Waals surface area contributed by atoms with Crippen molar-refractivity contribution in [3.63, 3.8) is 0 Å². The first kappa shape index (κ1) is 40.4. The average molecular weight is 825 g/mol. The first-order valence-corrected chi connectivity index (χ1v) is 22.6. The highest BCUT2D eigenvalue weighted by molar-refractivity contribution is 5.84. The highest BCUT2D eigenvalue weighted by Crippen LogP contribution is 2.41. The Hall–Kier alpha value is -7.68. The molecule has 8 aromatic carbocycles. The predicted octanol–water partition coefficient (Wildman–Crippen LogP) is 17.6. The minimum atomic E-state index is 0.508. The highest BCUT2D eigenvalue weighted by Gasteiger charge is 2.18. The van der Waals surface area contributed by atoms with E-state index in [9.17, 15) is 0 Å². The summed E-state index contributed by atoms with van der Waals surface area (Å²) < 4.78 is 0. The Balaban J connectivity index is 0.954. The first-order valence-electron chi connectivity index (χ1n) is 22.6. The Bertz CT molecular complexity index is 2860. The largest absolute Gasteiger partial charge is 0.311 e. The van der Waals surface area contributed by atoms with Gasteiger partial charge >= 0.3 is 0 Å². The van der Waals surface area contributed by atoms with E-state index in [1.54, 1.807) is 0 Å². The van der Waals surface area contributed by atoms with E-state index in [2.05, 4.69) is 266 Å². The van der Waals surface area contributed by atoms with Crippen LogP contribution in [0, 0.1) is 11.8 Å². The second-order valence-corrected chi connectivity index (χ2v) is 17.1. The zero-order chi connectivity index (χ0) is 43.2. The van der Waals surface area contributed by atoms with E-state index >= 15 is 0 Å². The maximum absolute atomic E-state index is 2.37. The molecule has 2 unspecified atom stereocenters. The minimum Gasteiger partial charge on any atom is -0.311 e. The van der Waals surface area contributed by atoms with Gasteiger partial charge in [-0.2, -0.15) is 0 Å². The molecule has 2 nitrogen and oxygen atoms in total. The summed E-state index contributed by atoms with van der Waals surface area (Å²) in [4.78, 5) is 4.71. The summed E-state index contributed by atoms with van der Waals surface area (Å²) in [6.07, 6.45) is 15.8. The number of anilines is 6. The van der Waals surface area contributed by atoms with E-state index < -0.39 is 0 Å². The maximum atomic E-state index is 2.37. The molecule has 0 aliphatic heterocycles. The molecule has 0 amide bonds. The molecule has 0 radical (unpaired) electrons. The Morgan fingerprint density at radius 1 is 0.359 bits per heavy atom. The number of benzene rings is 8. The maximum Gasteiger partial charge on any atom is 0.0462 e. The van der Waals surface area contributed by atoms with E-state index in [0.29, 0.717) is 11.8 Å². The molecule has 64 heavy (non-hydrogen) atoms. The van der Waals surface area contributed by atoms with Gasteiger partial charge in [0.15, 0.2) is 0 Å². The van der Waals surface area contributed by atoms with Gasteiger partial charge in [-0.3, -0.25) is 0 Å². The van der Waals surface area contributed by atoms with Crippen LogP contribution in [0.5, 0.6) is 0 Å². The molecule has 2 atom stereocenters. The van der Waals surface area contributed by atoms with Gasteiger partial charge < -0.3 is 9.80 Å². The molecule has 2 heteroatoms. The van der Waals surface area contributed by atoms with Crippen LogP contribution in [0.15, 0.2) is 243 Å². The lowest BCUT2D eigenvalue weighted by Gasteiger charge is -2.27. The lowest BCUT2D eigenvalue weighted by atomic mass is 9.88. The van der Waals surface area contributed by atoms with E-state index in [-0.39, 0.29) is 0 Å². The topological polar surface area (TPSA) is 6.48 Å². The first-order chi connectivity index (χ1) is 31.5. The molecule has 0 N–H and O–H groups in total. The molecular weight excluding hydrogens is 773 g/mol. The predicted molar refractivity (Wildman–Crippen MR) is 274 cm³/mol. The summed E-state index contributed by atoms with van der Waals surface area (Å²) in [6, 6.07) is 75.0. The Morgan fingerprint density at radius 2 is 0.703 bits per heavy atom.